The molecule has 1 aliphatic heterocycles. The molecule has 2 heterocycles. The van der Waals surface area contributed by atoms with Gasteiger partial charge in [-0.1, -0.05) is 6.07 Å². The molecule has 1 saturated carbocycles. The van der Waals surface area contributed by atoms with Gasteiger partial charge in [0.15, 0.2) is 0 Å². The van der Waals surface area contributed by atoms with Crippen LogP contribution in [0.25, 0.3) is 0 Å². The maximum absolute atomic E-state index is 9.63. The number of aliphatic hydroxyl groups is 1. The normalized spacial score (nSPS) is 24.7. The van der Waals surface area contributed by atoms with Crippen LogP contribution in [0, 0.1) is 5.92 Å². The van der Waals surface area contributed by atoms with Crippen LogP contribution in [0.3, 0.4) is 0 Å². The molecule has 0 spiro atoms. The Balaban J connectivity index is 1.56. The second-order valence-corrected chi connectivity index (χ2v) is 5.92. The molecule has 2 aliphatic rings. The third-order valence-electron chi connectivity index (χ3n) is 4.21. The van der Waals surface area contributed by atoms with E-state index in [9.17, 15) is 5.11 Å². The topological polar surface area (TPSA) is 48.4 Å². The summed E-state index contributed by atoms with van der Waals surface area (Å²) in [5.74, 6) is 1.43. The molecule has 1 aromatic rings. The lowest BCUT2D eigenvalue weighted by Gasteiger charge is -2.18. The van der Waals surface area contributed by atoms with Gasteiger partial charge in [0, 0.05) is 37.8 Å². The van der Waals surface area contributed by atoms with Gasteiger partial charge in [-0.2, -0.15) is 0 Å². The Bertz CT molecular complexity index is 414. The molecule has 2 atom stereocenters. The average molecular weight is 261 g/mol. The van der Waals surface area contributed by atoms with Crippen molar-refractivity contribution in [2.24, 2.45) is 5.92 Å². The summed E-state index contributed by atoms with van der Waals surface area (Å²) < 4.78 is 0. The first-order chi connectivity index (χ1) is 9.22. The van der Waals surface area contributed by atoms with Crippen LogP contribution in [0.5, 0.6) is 0 Å². The molecule has 0 aromatic carbocycles. The maximum atomic E-state index is 9.63. The Hall–Kier alpha value is -1.13. The molecule has 0 amide bonds. The minimum Gasteiger partial charge on any atom is -0.393 e. The number of nitrogens with zero attached hydrogens (tertiary/aromatic N) is 2. The first kappa shape index (κ1) is 12.9. The van der Waals surface area contributed by atoms with Crippen molar-refractivity contribution >= 4 is 5.82 Å². The summed E-state index contributed by atoms with van der Waals surface area (Å²) in [6.07, 6.45) is 5.46. The van der Waals surface area contributed by atoms with Gasteiger partial charge in [0.1, 0.15) is 5.82 Å². The van der Waals surface area contributed by atoms with Gasteiger partial charge in [-0.3, -0.25) is 0 Å². The molecule has 1 saturated heterocycles. The molecule has 104 valence electrons. The number of hydrogen-bond acceptors (Lipinski definition) is 4. The smallest absolute Gasteiger partial charge is 0.128 e. The van der Waals surface area contributed by atoms with Crippen molar-refractivity contribution in [3.05, 3.63) is 23.9 Å². The second-order valence-electron chi connectivity index (χ2n) is 5.92. The van der Waals surface area contributed by atoms with Crippen molar-refractivity contribution in [1.82, 2.24) is 10.3 Å². The molecule has 0 radical (unpaired) electrons. The fourth-order valence-corrected chi connectivity index (χ4v) is 2.65. The molecule has 0 bridgehead atoms. The monoisotopic (exact) mass is 261 g/mol. The summed E-state index contributed by atoms with van der Waals surface area (Å²) in [6.45, 7) is 4.73. The molecule has 2 N–H and O–H groups in total. The highest BCUT2D eigenvalue weighted by atomic mass is 16.3. The van der Waals surface area contributed by atoms with Crippen LogP contribution in [-0.2, 0) is 6.54 Å². The third kappa shape index (κ3) is 3.25. The number of aromatic nitrogens is 1. The molecule has 2 unspecified atom stereocenters. The number of aliphatic hydroxyl groups excluding tert-OH is 1. The summed E-state index contributed by atoms with van der Waals surface area (Å²) >= 11 is 0. The number of hydrogen-bond donors (Lipinski definition) is 2. The first-order valence-electron chi connectivity index (χ1n) is 7.33. The van der Waals surface area contributed by atoms with Crippen LogP contribution in [0.4, 0.5) is 5.82 Å². The van der Waals surface area contributed by atoms with Crippen LogP contribution in [0.1, 0.15) is 31.7 Å². The van der Waals surface area contributed by atoms with E-state index in [0.717, 1.165) is 37.9 Å². The molecule has 3 rings (SSSR count). The Labute approximate surface area is 114 Å². The van der Waals surface area contributed by atoms with Crippen molar-refractivity contribution in [1.29, 1.82) is 0 Å². The molecule has 4 heteroatoms. The Morgan fingerprint density at radius 2 is 2.26 bits per heavy atom. The molecule has 2 fully saturated rings. The van der Waals surface area contributed by atoms with Crippen LogP contribution in [0.15, 0.2) is 18.3 Å². The van der Waals surface area contributed by atoms with Gasteiger partial charge < -0.3 is 15.3 Å². The van der Waals surface area contributed by atoms with E-state index in [1.165, 1.54) is 18.4 Å². The molecular formula is C15H23N3O. The van der Waals surface area contributed by atoms with Gasteiger partial charge in [-0.25, -0.2) is 4.98 Å². The van der Waals surface area contributed by atoms with E-state index in [-0.39, 0.29) is 6.10 Å². The predicted molar refractivity (Wildman–Crippen MR) is 76.1 cm³/mol. The fourth-order valence-electron chi connectivity index (χ4n) is 2.65. The SMILES string of the molecule is CC(O)C1CCN(c2ccc(CNC3CC3)cn2)C1. The summed E-state index contributed by atoms with van der Waals surface area (Å²) in [4.78, 5) is 6.83. The number of pyridine rings is 1. The van der Waals surface area contributed by atoms with Crippen molar-refractivity contribution in [2.75, 3.05) is 18.0 Å². The minimum absolute atomic E-state index is 0.216. The third-order valence-corrected chi connectivity index (χ3v) is 4.21. The summed E-state index contributed by atoms with van der Waals surface area (Å²) in [7, 11) is 0. The quantitative estimate of drug-likeness (QED) is 0.844. The van der Waals surface area contributed by atoms with Crippen molar-refractivity contribution < 1.29 is 5.11 Å². The summed E-state index contributed by atoms with van der Waals surface area (Å²) in [5, 5.41) is 13.1. The van der Waals surface area contributed by atoms with E-state index < -0.39 is 0 Å². The lowest BCUT2D eigenvalue weighted by Crippen LogP contribution is -2.24. The van der Waals surface area contributed by atoms with Crippen molar-refractivity contribution in [3.63, 3.8) is 0 Å². The second kappa shape index (κ2) is 5.47. The largest absolute Gasteiger partial charge is 0.393 e. The van der Waals surface area contributed by atoms with Gasteiger partial charge in [0.2, 0.25) is 0 Å². The van der Waals surface area contributed by atoms with Crippen LogP contribution in [-0.4, -0.2) is 35.3 Å². The van der Waals surface area contributed by atoms with E-state index in [1.54, 1.807) is 0 Å². The highest BCUT2D eigenvalue weighted by Gasteiger charge is 2.26. The highest BCUT2D eigenvalue weighted by Crippen LogP contribution is 2.24. The van der Waals surface area contributed by atoms with Gasteiger partial charge in [-0.15, -0.1) is 0 Å². The predicted octanol–water partition coefficient (Wildman–Crippen LogP) is 1.54. The van der Waals surface area contributed by atoms with Crippen molar-refractivity contribution in [2.45, 2.75) is 44.9 Å². The van der Waals surface area contributed by atoms with Crippen LogP contribution in [0.2, 0.25) is 0 Å². The van der Waals surface area contributed by atoms with E-state index in [1.807, 2.05) is 13.1 Å². The van der Waals surface area contributed by atoms with Crippen LogP contribution < -0.4 is 10.2 Å². The van der Waals surface area contributed by atoms with Crippen molar-refractivity contribution in [3.8, 4) is 0 Å². The molecule has 19 heavy (non-hydrogen) atoms. The minimum atomic E-state index is -0.216. The lowest BCUT2D eigenvalue weighted by molar-refractivity contribution is 0.136. The van der Waals surface area contributed by atoms with Gasteiger partial charge in [-0.05, 0) is 37.8 Å². The van der Waals surface area contributed by atoms with E-state index in [0.29, 0.717) is 5.92 Å². The van der Waals surface area contributed by atoms with E-state index in [4.69, 9.17) is 0 Å². The van der Waals surface area contributed by atoms with Gasteiger partial charge >= 0.3 is 0 Å². The zero-order valence-corrected chi connectivity index (χ0v) is 11.5. The zero-order chi connectivity index (χ0) is 13.2. The Kier molecular flexibility index (Phi) is 3.71. The summed E-state index contributed by atoms with van der Waals surface area (Å²) in [5.41, 5.74) is 1.25. The van der Waals surface area contributed by atoms with Gasteiger partial charge in [0.05, 0.1) is 6.10 Å². The van der Waals surface area contributed by atoms with Gasteiger partial charge in [0.25, 0.3) is 0 Å². The zero-order valence-electron chi connectivity index (χ0n) is 11.5. The number of anilines is 1. The number of rotatable bonds is 5. The van der Waals surface area contributed by atoms with Crippen LogP contribution >= 0.6 is 0 Å². The molecular weight excluding hydrogens is 238 g/mol. The highest BCUT2D eigenvalue weighted by molar-refractivity contribution is 5.40. The molecule has 1 aliphatic carbocycles. The molecule has 4 nitrogen and oxygen atoms in total. The van der Waals surface area contributed by atoms with E-state index >= 15 is 0 Å². The maximum Gasteiger partial charge on any atom is 0.128 e. The molecule has 1 aromatic heterocycles. The average Bonchev–Trinajstić information content (AvgIpc) is 3.11. The Morgan fingerprint density at radius 3 is 2.84 bits per heavy atom. The summed E-state index contributed by atoms with van der Waals surface area (Å²) in [6, 6.07) is 5.01. The lowest BCUT2D eigenvalue weighted by atomic mass is 10.0. The first-order valence-corrected chi connectivity index (χ1v) is 7.33. The fraction of sp³-hybridized carbons (Fsp3) is 0.667. The Morgan fingerprint density at radius 1 is 1.42 bits per heavy atom. The van der Waals surface area contributed by atoms with E-state index in [2.05, 4.69) is 27.3 Å². The standard InChI is InChI=1S/C15H23N3O/c1-11(19)13-6-7-18(10-13)15-5-2-12(9-17-15)8-16-14-3-4-14/h2,5,9,11,13-14,16,19H,3-4,6-8,10H2,1H3. The number of nitrogens with one attached hydrogen (secondary N) is 1.